The molecule has 18 heavy (non-hydrogen) atoms. The van der Waals surface area contributed by atoms with E-state index >= 15 is 0 Å². The Morgan fingerprint density at radius 2 is 1.22 bits per heavy atom. The molecule has 0 aliphatic rings. The van der Waals surface area contributed by atoms with Crippen LogP contribution in [0.1, 0.15) is 0 Å². The second-order valence-electron chi connectivity index (χ2n) is 2.67. The smallest absolute Gasteiger partial charge is 0.332 e. The van der Waals surface area contributed by atoms with Gasteiger partial charge in [-0.3, -0.25) is 4.55 Å². The van der Waals surface area contributed by atoms with Gasteiger partial charge in [-0.05, 0) is 0 Å². The Hall–Kier alpha value is -0.730. The number of hydrogen-bond acceptors (Lipinski definition) is 4. The molecule has 0 bridgehead atoms. The quantitative estimate of drug-likeness (QED) is 0.463. The molecule has 0 saturated heterocycles. The predicted octanol–water partition coefficient (Wildman–Crippen LogP) is 1.25. The van der Waals surface area contributed by atoms with Gasteiger partial charge in [-0.1, -0.05) is 0 Å². The minimum absolute atomic E-state index is 1.72. The Morgan fingerprint density at radius 1 is 0.889 bits per heavy atom. The molecule has 2 N–H and O–H groups in total. The number of halogens is 8. The number of rotatable bonds is 4. The van der Waals surface area contributed by atoms with E-state index in [0.717, 1.165) is 0 Å². The van der Waals surface area contributed by atoms with Gasteiger partial charge < -0.3 is 5.11 Å². The van der Waals surface area contributed by atoms with Crippen LogP contribution in [-0.2, 0) is 14.9 Å². The normalized spacial score (nSPS) is 18.6. The van der Waals surface area contributed by atoms with Gasteiger partial charge in [0.2, 0.25) is 0 Å². The molecule has 0 saturated carbocycles. The Morgan fingerprint density at radius 3 is 1.44 bits per heavy atom. The maximum atomic E-state index is 12.3. The van der Waals surface area contributed by atoms with Crippen molar-refractivity contribution in [2.75, 3.05) is 0 Å². The first-order valence-electron chi connectivity index (χ1n) is 3.36. The van der Waals surface area contributed by atoms with Crippen LogP contribution < -0.4 is 0 Å². The van der Waals surface area contributed by atoms with Crippen molar-refractivity contribution in [3.63, 3.8) is 0 Å². The molecule has 0 aromatic rings. The van der Waals surface area contributed by atoms with E-state index in [-0.39, 0.29) is 0 Å². The predicted molar refractivity (Wildman–Crippen MR) is 34.6 cm³/mol. The molecule has 0 aromatic heterocycles. The fourth-order valence-electron chi connectivity index (χ4n) is 0.437. The van der Waals surface area contributed by atoms with Crippen LogP contribution in [0.15, 0.2) is 0 Å². The lowest BCUT2D eigenvalue weighted by atomic mass is 10.5. The van der Waals surface area contributed by atoms with Gasteiger partial charge in [0.25, 0.3) is 0 Å². The molecule has 0 radical (unpaired) electrons. The van der Waals surface area contributed by atoms with Crippen LogP contribution in [0, 0.1) is 0 Å². The summed E-state index contributed by atoms with van der Waals surface area (Å²) < 4.78 is 125. The molecular weight excluding hydrogens is 312 g/mol. The van der Waals surface area contributed by atoms with E-state index in [2.05, 4.69) is 0 Å². The van der Waals surface area contributed by atoms with E-state index in [0.29, 0.717) is 0 Å². The molecule has 0 spiro atoms. The summed E-state index contributed by atoms with van der Waals surface area (Å²) in [6.45, 7) is 0. The highest BCUT2D eigenvalue weighted by molar-refractivity contribution is 7.86. The first-order chi connectivity index (χ1) is 7.46. The topological polar surface area (TPSA) is 83.8 Å². The van der Waals surface area contributed by atoms with Gasteiger partial charge in [0.15, 0.2) is 0 Å². The van der Waals surface area contributed by atoms with Gasteiger partial charge in [-0.15, -0.1) is 0 Å². The Labute approximate surface area is 92.7 Å². The van der Waals surface area contributed by atoms with Gasteiger partial charge in [0.1, 0.15) is 0 Å². The molecular formula is C4H2F8O5S. The highest BCUT2D eigenvalue weighted by Gasteiger charge is 2.73. The molecule has 0 heterocycles. The van der Waals surface area contributed by atoms with Crippen molar-refractivity contribution in [3.05, 3.63) is 0 Å². The summed E-state index contributed by atoms with van der Waals surface area (Å²) in [5.41, 5.74) is 0. The Kier molecular flexibility index (Phi) is 3.97. The van der Waals surface area contributed by atoms with Crippen molar-refractivity contribution >= 4 is 10.1 Å². The summed E-state index contributed by atoms with van der Waals surface area (Å²) in [7, 11) is -6.93. The highest BCUT2D eigenvalue weighted by atomic mass is 32.2. The van der Waals surface area contributed by atoms with E-state index in [4.69, 9.17) is 9.66 Å². The van der Waals surface area contributed by atoms with Crippen molar-refractivity contribution < 1.29 is 57.9 Å². The minimum atomic E-state index is -6.93. The molecule has 0 amide bonds. The molecule has 5 nitrogen and oxygen atoms in total. The summed E-state index contributed by atoms with van der Waals surface area (Å²) >= 11 is 0. The van der Waals surface area contributed by atoms with Crippen LogP contribution >= 0.6 is 0 Å². The molecule has 0 aromatic carbocycles. The van der Waals surface area contributed by atoms with E-state index in [1.807, 2.05) is 0 Å². The van der Waals surface area contributed by atoms with Gasteiger partial charge in [0.05, 0.1) is 0 Å². The molecule has 14 heteroatoms. The van der Waals surface area contributed by atoms with E-state index < -0.39 is 33.7 Å². The van der Waals surface area contributed by atoms with E-state index in [1.165, 1.54) is 0 Å². The lowest BCUT2D eigenvalue weighted by molar-refractivity contribution is -0.499. The third-order valence-electron chi connectivity index (χ3n) is 1.28. The van der Waals surface area contributed by atoms with Crippen molar-refractivity contribution in [1.29, 1.82) is 0 Å². The third-order valence-corrected chi connectivity index (χ3v) is 2.16. The van der Waals surface area contributed by atoms with Crippen LogP contribution in [0.4, 0.5) is 35.1 Å². The summed E-state index contributed by atoms with van der Waals surface area (Å²) in [6, 6.07) is -6.26. The van der Waals surface area contributed by atoms with Crippen LogP contribution in [0.25, 0.3) is 0 Å². The van der Waals surface area contributed by atoms with Crippen LogP contribution in [0.3, 0.4) is 0 Å². The van der Waals surface area contributed by atoms with Crippen LogP contribution in [0.2, 0.25) is 0 Å². The third kappa shape index (κ3) is 2.99. The zero-order chi connectivity index (χ0) is 15.2. The van der Waals surface area contributed by atoms with Gasteiger partial charge >= 0.3 is 33.7 Å². The first-order valence-corrected chi connectivity index (χ1v) is 4.80. The summed E-state index contributed by atoms with van der Waals surface area (Å²) in [5.74, 6) is 0. The zero-order valence-corrected chi connectivity index (χ0v) is 8.37. The average Bonchev–Trinajstić information content (AvgIpc) is 1.96. The lowest BCUT2D eigenvalue weighted by Crippen LogP contribution is -2.56. The SMILES string of the molecule is O=S(=O)(O)C(F)(F)C(F)(F)OC(O)(F)C(F)(F)F. The van der Waals surface area contributed by atoms with E-state index in [9.17, 15) is 43.5 Å². The fraction of sp³-hybridized carbons (Fsp3) is 1.00. The van der Waals surface area contributed by atoms with E-state index in [1.54, 1.807) is 4.74 Å². The maximum Gasteiger partial charge on any atom is 0.478 e. The summed E-state index contributed by atoms with van der Waals surface area (Å²) in [5, 5.41) is 1.09. The Bertz CT molecular complexity index is 410. The van der Waals surface area contributed by atoms with Gasteiger partial charge in [0, 0.05) is 0 Å². The second kappa shape index (κ2) is 4.14. The van der Waals surface area contributed by atoms with Crippen molar-refractivity contribution in [3.8, 4) is 0 Å². The molecule has 1 atom stereocenters. The van der Waals surface area contributed by atoms with Crippen molar-refractivity contribution in [1.82, 2.24) is 0 Å². The fourth-order valence-corrected chi connectivity index (χ4v) is 0.779. The molecule has 0 aliphatic carbocycles. The molecule has 1 unspecified atom stereocenters. The van der Waals surface area contributed by atoms with Gasteiger partial charge in [-0.2, -0.15) is 43.5 Å². The number of alkyl halides is 8. The number of hydrogen-bond donors (Lipinski definition) is 2. The maximum absolute atomic E-state index is 12.3. The number of ether oxygens (including phenoxy) is 1. The Balaban J connectivity index is 5.47. The van der Waals surface area contributed by atoms with Crippen molar-refractivity contribution in [2.24, 2.45) is 0 Å². The first kappa shape index (κ1) is 17.3. The van der Waals surface area contributed by atoms with Gasteiger partial charge in [-0.25, -0.2) is 4.74 Å². The molecule has 110 valence electrons. The lowest BCUT2D eigenvalue weighted by Gasteiger charge is -2.29. The summed E-state index contributed by atoms with van der Waals surface area (Å²) in [6.07, 6.45) is -13.3. The monoisotopic (exact) mass is 314 g/mol. The summed E-state index contributed by atoms with van der Waals surface area (Å²) in [4.78, 5) is 0. The second-order valence-corrected chi connectivity index (χ2v) is 4.13. The number of aliphatic hydroxyl groups is 1. The van der Waals surface area contributed by atoms with Crippen molar-refractivity contribution in [2.45, 2.75) is 23.6 Å². The zero-order valence-electron chi connectivity index (χ0n) is 7.55. The largest absolute Gasteiger partial charge is 0.478 e. The molecule has 0 fully saturated rings. The highest BCUT2D eigenvalue weighted by Crippen LogP contribution is 2.45. The molecule has 0 aliphatic heterocycles. The average molecular weight is 314 g/mol. The van der Waals surface area contributed by atoms with Crippen LogP contribution in [-0.4, -0.2) is 41.7 Å². The standard InChI is InChI=1S/C4H2F8O5S/c5-1(6,7)4(12,13)17-2(8,9)3(10,11)18(14,15)16/h13H,(H,14,15,16). The minimum Gasteiger partial charge on any atom is -0.332 e. The van der Waals surface area contributed by atoms with Crippen LogP contribution in [0.5, 0.6) is 0 Å². The molecule has 0 rings (SSSR count).